The van der Waals surface area contributed by atoms with E-state index in [1.807, 2.05) is 11.3 Å². The van der Waals surface area contributed by atoms with Crippen molar-refractivity contribution in [1.29, 1.82) is 0 Å². The highest BCUT2D eigenvalue weighted by Crippen LogP contribution is 2.59. The molecule has 2 fully saturated rings. The maximum atomic E-state index is 5.46. The van der Waals surface area contributed by atoms with E-state index in [2.05, 4.69) is 24.5 Å². The average Bonchev–Trinajstić information content (AvgIpc) is 2.76. The number of rotatable bonds is 2. The van der Waals surface area contributed by atoms with Crippen LogP contribution in [0.2, 0.25) is 0 Å². The molecule has 0 aromatic carbocycles. The van der Waals surface area contributed by atoms with Gasteiger partial charge in [-0.1, -0.05) is 13.8 Å². The first-order chi connectivity index (χ1) is 7.67. The first-order valence-electron chi connectivity index (χ1n) is 5.93. The molecule has 2 unspecified atom stereocenters. The van der Waals surface area contributed by atoms with Gasteiger partial charge in [0.05, 0.1) is 30.0 Å². The van der Waals surface area contributed by atoms with Crippen LogP contribution in [0.5, 0.6) is 0 Å². The molecule has 2 atom stereocenters. The van der Waals surface area contributed by atoms with Gasteiger partial charge in [-0.2, -0.15) is 0 Å². The number of morpholine rings is 1. The lowest BCUT2D eigenvalue weighted by Gasteiger charge is -2.22. The van der Waals surface area contributed by atoms with Gasteiger partial charge in [0, 0.05) is 17.8 Å². The molecule has 0 amide bonds. The lowest BCUT2D eigenvalue weighted by molar-refractivity contribution is 0.0757. The van der Waals surface area contributed by atoms with E-state index in [9.17, 15) is 0 Å². The number of nitrogens with one attached hydrogen (secondary N) is 1. The maximum Gasteiger partial charge on any atom is 0.0965 e. The van der Waals surface area contributed by atoms with E-state index in [1.165, 1.54) is 17.1 Å². The number of hydrogen-bond donors (Lipinski definition) is 1. The molecule has 1 aromatic heterocycles. The third kappa shape index (κ3) is 1.90. The molecule has 1 saturated heterocycles. The van der Waals surface area contributed by atoms with Crippen molar-refractivity contribution in [2.24, 2.45) is 5.41 Å². The molecule has 88 valence electrons. The molecular formula is C12H18N2OS. The van der Waals surface area contributed by atoms with Crippen LogP contribution in [-0.4, -0.2) is 24.7 Å². The smallest absolute Gasteiger partial charge is 0.0965 e. The Morgan fingerprint density at radius 3 is 3.00 bits per heavy atom. The molecule has 3 rings (SSSR count). The van der Waals surface area contributed by atoms with E-state index < -0.39 is 0 Å². The number of aromatic nitrogens is 1. The van der Waals surface area contributed by atoms with Crippen LogP contribution in [0.3, 0.4) is 0 Å². The standard InChI is InChI=1S/C12H18N2OS/c1-12(2)5-8(12)11-14-10(7-16-11)9-6-15-4-3-13-9/h7-9,13H,3-6H2,1-2H3. The Hall–Kier alpha value is -0.450. The zero-order valence-electron chi connectivity index (χ0n) is 9.82. The molecular weight excluding hydrogens is 220 g/mol. The molecule has 1 aromatic rings. The topological polar surface area (TPSA) is 34.1 Å². The minimum absolute atomic E-state index is 0.306. The number of thiazole rings is 1. The van der Waals surface area contributed by atoms with Crippen LogP contribution >= 0.6 is 11.3 Å². The van der Waals surface area contributed by atoms with Gasteiger partial charge in [-0.25, -0.2) is 4.98 Å². The van der Waals surface area contributed by atoms with E-state index in [0.29, 0.717) is 17.4 Å². The summed E-state index contributed by atoms with van der Waals surface area (Å²) >= 11 is 1.81. The van der Waals surface area contributed by atoms with Gasteiger partial charge in [-0.15, -0.1) is 11.3 Å². The fraction of sp³-hybridized carbons (Fsp3) is 0.750. The summed E-state index contributed by atoms with van der Waals surface area (Å²) < 4.78 is 5.46. The predicted molar refractivity (Wildman–Crippen MR) is 64.8 cm³/mol. The van der Waals surface area contributed by atoms with Crippen molar-refractivity contribution in [3.05, 3.63) is 16.1 Å². The van der Waals surface area contributed by atoms with Gasteiger partial charge in [0.1, 0.15) is 0 Å². The zero-order chi connectivity index (χ0) is 11.2. The lowest BCUT2D eigenvalue weighted by atomic mass is 10.1. The molecule has 2 heterocycles. The highest BCUT2D eigenvalue weighted by atomic mass is 32.1. The van der Waals surface area contributed by atoms with Gasteiger partial charge in [-0.05, 0) is 11.8 Å². The highest BCUT2D eigenvalue weighted by Gasteiger charge is 2.48. The van der Waals surface area contributed by atoms with Crippen LogP contribution < -0.4 is 5.32 Å². The van der Waals surface area contributed by atoms with E-state index in [1.54, 1.807) is 0 Å². The van der Waals surface area contributed by atoms with Gasteiger partial charge in [0.15, 0.2) is 0 Å². The highest BCUT2D eigenvalue weighted by molar-refractivity contribution is 7.09. The van der Waals surface area contributed by atoms with Crippen molar-refractivity contribution >= 4 is 11.3 Å². The summed E-state index contributed by atoms with van der Waals surface area (Å²) in [6.07, 6.45) is 1.29. The quantitative estimate of drug-likeness (QED) is 0.858. The average molecular weight is 238 g/mol. The number of hydrogen-bond acceptors (Lipinski definition) is 4. The first-order valence-corrected chi connectivity index (χ1v) is 6.81. The summed E-state index contributed by atoms with van der Waals surface area (Å²) in [5.74, 6) is 0.691. The third-order valence-corrected chi connectivity index (χ3v) is 4.61. The Bertz CT molecular complexity index is 382. The maximum absolute atomic E-state index is 5.46. The Morgan fingerprint density at radius 1 is 1.56 bits per heavy atom. The van der Waals surface area contributed by atoms with Crippen molar-refractivity contribution in [2.45, 2.75) is 32.2 Å². The minimum Gasteiger partial charge on any atom is -0.378 e. The van der Waals surface area contributed by atoms with E-state index in [4.69, 9.17) is 9.72 Å². The Balaban J connectivity index is 1.72. The normalized spacial score (nSPS) is 32.6. The van der Waals surface area contributed by atoms with Gasteiger partial charge in [0.25, 0.3) is 0 Å². The van der Waals surface area contributed by atoms with Crippen LogP contribution in [0.4, 0.5) is 0 Å². The Labute approximate surface area is 100 Å². The Morgan fingerprint density at radius 2 is 2.38 bits per heavy atom. The van der Waals surface area contributed by atoms with Crippen LogP contribution in [0, 0.1) is 5.41 Å². The molecule has 1 N–H and O–H groups in total. The monoisotopic (exact) mass is 238 g/mol. The van der Waals surface area contributed by atoms with Crippen LogP contribution in [0.25, 0.3) is 0 Å². The summed E-state index contributed by atoms with van der Waals surface area (Å²) in [6, 6.07) is 0.306. The largest absolute Gasteiger partial charge is 0.378 e. The molecule has 1 aliphatic carbocycles. The fourth-order valence-corrected chi connectivity index (χ4v) is 3.45. The summed E-state index contributed by atoms with van der Waals surface area (Å²) in [5.41, 5.74) is 1.65. The SMILES string of the molecule is CC1(C)CC1c1nc(C2COCCN2)cs1. The molecule has 4 heteroatoms. The minimum atomic E-state index is 0.306. The molecule has 3 nitrogen and oxygen atoms in total. The number of nitrogens with zero attached hydrogens (tertiary/aromatic N) is 1. The van der Waals surface area contributed by atoms with Gasteiger partial charge >= 0.3 is 0 Å². The first kappa shape index (κ1) is 10.7. The molecule has 0 radical (unpaired) electrons. The van der Waals surface area contributed by atoms with Crippen molar-refractivity contribution in [3.8, 4) is 0 Å². The second-order valence-corrected chi connectivity index (χ2v) is 6.33. The van der Waals surface area contributed by atoms with Crippen molar-refractivity contribution in [3.63, 3.8) is 0 Å². The van der Waals surface area contributed by atoms with E-state index >= 15 is 0 Å². The summed E-state index contributed by atoms with van der Waals surface area (Å²) in [5, 5.41) is 6.95. The van der Waals surface area contributed by atoms with Gasteiger partial charge < -0.3 is 10.1 Å². The molecule has 0 bridgehead atoms. The van der Waals surface area contributed by atoms with Gasteiger partial charge in [0.2, 0.25) is 0 Å². The zero-order valence-corrected chi connectivity index (χ0v) is 10.6. The third-order valence-electron chi connectivity index (χ3n) is 3.63. The lowest BCUT2D eigenvalue weighted by Crippen LogP contribution is -2.34. The predicted octanol–water partition coefficient (Wildman–Crippen LogP) is 2.32. The molecule has 16 heavy (non-hydrogen) atoms. The summed E-state index contributed by atoms with van der Waals surface area (Å²) in [7, 11) is 0. The van der Waals surface area contributed by atoms with E-state index in [0.717, 1.165) is 19.8 Å². The van der Waals surface area contributed by atoms with Crippen molar-refractivity contribution in [2.75, 3.05) is 19.8 Å². The van der Waals surface area contributed by atoms with Crippen molar-refractivity contribution in [1.82, 2.24) is 10.3 Å². The molecule has 2 aliphatic rings. The Kier molecular flexibility index (Phi) is 2.53. The van der Waals surface area contributed by atoms with Crippen LogP contribution in [0.15, 0.2) is 5.38 Å². The second-order valence-electron chi connectivity index (χ2n) is 5.44. The molecule has 0 spiro atoms. The summed E-state index contributed by atoms with van der Waals surface area (Å²) in [4.78, 5) is 4.77. The van der Waals surface area contributed by atoms with Crippen molar-refractivity contribution < 1.29 is 4.74 Å². The number of ether oxygens (including phenoxy) is 1. The van der Waals surface area contributed by atoms with Crippen LogP contribution in [0.1, 0.15) is 42.9 Å². The van der Waals surface area contributed by atoms with Gasteiger partial charge in [-0.3, -0.25) is 0 Å². The van der Waals surface area contributed by atoms with E-state index in [-0.39, 0.29) is 0 Å². The summed E-state index contributed by atoms with van der Waals surface area (Å²) in [6.45, 7) is 7.16. The van der Waals surface area contributed by atoms with Crippen LogP contribution in [-0.2, 0) is 4.74 Å². The molecule has 1 aliphatic heterocycles. The second kappa shape index (κ2) is 3.79. The molecule has 1 saturated carbocycles. The fourth-order valence-electron chi connectivity index (χ4n) is 2.26.